The lowest BCUT2D eigenvalue weighted by atomic mass is 10.2. The summed E-state index contributed by atoms with van der Waals surface area (Å²) >= 11 is 0. The standard InChI is InChI=1S/C23H25N3O4/c1-4-20(30-19-13-9-6-10-14-19)23(28)29-15-21(27)24-22-16(2)25-26(17(22)3)18-11-7-5-8-12-18/h5-14,20H,4,15H2,1-3H3,(H,24,27)/t20-/m0/s1. The molecule has 1 atom stereocenters. The molecule has 1 aromatic heterocycles. The van der Waals surface area contributed by atoms with Crippen LogP contribution in [0.5, 0.6) is 5.75 Å². The molecule has 0 aliphatic rings. The summed E-state index contributed by atoms with van der Waals surface area (Å²) in [5.41, 5.74) is 2.97. The normalized spacial score (nSPS) is 11.6. The van der Waals surface area contributed by atoms with Crippen molar-refractivity contribution in [3.8, 4) is 11.4 Å². The monoisotopic (exact) mass is 407 g/mol. The van der Waals surface area contributed by atoms with Crippen LogP contribution in [0.1, 0.15) is 24.7 Å². The minimum Gasteiger partial charge on any atom is -0.479 e. The maximum Gasteiger partial charge on any atom is 0.347 e. The summed E-state index contributed by atoms with van der Waals surface area (Å²) in [7, 11) is 0. The molecule has 1 heterocycles. The van der Waals surface area contributed by atoms with Gasteiger partial charge in [0.15, 0.2) is 12.7 Å². The van der Waals surface area contributed by atoms with Crippen molar-refractivity contribution in [1.82, 2.24) is 9.78 Å². The van der Waals surface area contributed by atoms with Gasteiger partial charge >= 0.3 is 5.97 Å². The Morgan fingerprint density at radius 2 is 1.67 bits per heavy atom. The van der Waals surface area contributed by atoms with Crippen molar-refractivity contribution < 1.29 is 19.1 Å². The molecule has 1 N–H and O–H groups in total. The summed E-state index contributed by atoms with van der Waals surface area (Å²) in [5, 5.41) is 7.28. The molecule has 3 rings (SSSR count). The number of rotatable bonds is 8. The van der Waals surface area contributed by atoms with Crippen LogP contribution in [0.2, 0.25) is 0 Å². The number of nitrogens with zero attached hydrogens (tertiary/aromatic N) is 2. The summed E-state index contributed by atoms with van der Waals surface area (Å²) in [5.74, 6) is -0.438. The van der Waals surface area contributed by atoms with E-state index in [1.165, 1.54) is 0 Å². The first-order valence-corrected chi connectivity index (χ1v) is 9.79. The first kappa shape index (κ1) is 21.1. The fourth-order valence-corrected chi connectivity index (χ4v) is 3.01. The molecule has 2 aromatic carbocycles. The van der Waals surface area contributed by atoms with Crippen molar-refractivity contribution >= 4 is 17.6 Å². The van der Waals surface area contributed by atoms with E-state index >= 15 is 0 Å². The van der Waals surface area contributed by atoms with Gasteiger partial charge in [0.25, 0.3) is 5.91 Å². The lowest BCUT2D eigenvalue weighted by Gasteiger charge is -2.16. The van der Waals surface area contributed by atoms with Crippen LogP contribution >= 0.6 is 0 Å². The molecule has 0 spiro atoms. The van der Waals surface area contributed by atoms with Gasteiger partial charge in [0.2, 0.25) is 0 Å². The Morgan fingerprint density at radius 1 is 1.03 bits per heavy atom. The summed E-state index contributed by atoms with van der Waals surface area (Å²) in [4.78, 5) is 24.7. The quantitative estimate of drug-likeness (QED) is 0.574. The number of hydrogen-bond acceptors (Lipinski definition) is 5. The predicted octanol–water partition coefficient (Wildman–Crippen LogP) is 3.83. The maximum absolute atomic E-state index is 12.4. The summed E-state index contributed by atoms with van der Waals surface area (Å²) < 4.78 is 12.6. The average Bonchev–Trinajstić information content (AvgIpc) is 3.05. The van der Waals surface area contributed by atoms with Crippen LogP contribution in [0.25, 0.3) is 5.69 Å². The second kappa shape index (κ2) is 9.73. The van der Waals surface area contributed by atoms with Gasteiger partial charge in [-0.1, -0.05) is 43.3 Å². The number of aromatic nitrogens is 2. The Balaban J connectivity index is 1.59. The molecule has 7 heteroatoms. The number of anilines is 1. The summed E-state index contributed by atoms with van der Waals surface area (Å²) in [6.45, 7) is 5.10. The minimum atomic E-state index is -0.774. The zero-order valence-corrected chi connectivity index (χ0v) is 17.3. The molecule has 0 aliphatic carbocycles. The van der Waals surface area contributed by atoms with Gasteiger partial charge in [-0.25, -0.2) is 9.48 Å². The molecule has 0 radical (unpaired) electrons. The molecule has 0 saturated carbocycles. The number of benzene rings is 2. The molecule has 7 nitrogen and oxygen atoms in total. The SMILES string of the molecule is CC[C@H](Oc1ccccc1)C(=O)OCC(=O)Nc1c(C)nn(-c2ccccc2)c1C. The molecule has 156 valence electrons. The van der Waals surface area contributed by atoms with Crippen LogP contribution in [0.3, 0.4) is 0 Å². The highest BCUT2D eigenvalue weighted by Crippen LogP contribution is 2.22. The Labute approximate surface area is 175 Å². The van der Waals surface area contributed by atoms with Crippen molar-refractivity contribution in [2.75, 3.05) is 11.9 Å². The fraction of sp³-hybridized carbons (Fsp3) is 0.261. The van der Waals surface area contributed by atoms with E-state index in [0.717, 1.165) is 11.4 Å². The van der Waals surface area contributed by atoms with Gasteiger partial charge in [0.1, 0.15) is 5.75 Å². The van der Waals surface area contributed by atoms with E-state index in [2.05, 4.69) is 10.4 Å². The van der Waals surface area contributed by atoms with E-state index in [-0.39, 0.29) is 0 Å². The van der Waals surface area contributed by atoms with Crippen LogP contribution in [-0.4, -0.2) is 34.4 Å². The Morgan fingerprint density at radius 3 is 2.30 bits per heavy atom. The predicted molar refractivity (Wildman–Crippen MR) is 114 cm³/mol. The van der Waals surface area contributed by atoms with Crippen molar-refractivity contribution in [2.24, 2.45) is 0 Å². The van der Waals surface area contributed by atoms with Gasteiger partial charge < -0.3 is 14.8 Å². The van der Waals surface area contributed by atoms with Crippen molar-refractivity contribution in [2.45, 2.75) is 33.3 Å². The smallest absolute Gasteiger partial charge is 0.347 e. The number of nitrogens with one attached hydrogen (secondary N) is 1. The number of para-hydroxylation sites is 2. The number of ether oxygens (including phenoxy) is 2. The third kappa shape index (κ3) is 5.05. The van der Waals surface area contributed by atoms with Gasteiger partial charge in [-0.3, -0.25) is 4.79 Å². The van der Waals surface area contributed by atoms with Crippen molar-refractivity contribution in [1.29, 1.82) is 0 Å². The minimum absolute atomic E-state index is 0.400. The molecule has 30 heavy (non-hydrogen) atoms. The highest BCUT2D eigenvalue weighted by Gasteiger charge is 2.22. The van der Waals surface area contributed by atoms with Crippen LogP contribution in [0.4, 0.5) is 5.69 Å². The van der Waals surface area contributed by atoms with Gasteiger partial charge in [-0.15, -0.1) is 0 Å². The van der Waals surface area contributed by atoms with E-state index in [4.69, 9.17) is 9.47 Å². The molecule has 1 amide bonds. The summed E-state index contributed by atoms with van der Waals surface area (Å²) in [6, 6.07) is 18.7. The van der Waals surface area contributed by atoms with E-state index in [1.54, 1.807) is 16.8 Å². The van der Waals surface area contributed by atoms with E-state index in [9.17, 15) is 9.59 Å². The van der Waals surface area contributed by atoms with Crippen molar-refractivity contribution in [3.63, 3.8) is 0 Å². The molecule has 0 saturated heterocycles. The largest absolute Gasteiger partial charge is 0.479 e. The number of carbonyl (C=O) groups is 2. The third-order valence-electron chi connectivity index (χ3n) is 4.56. The molecule has 3 aromatic rings. The molecule has 0 aliphatic heterocycles. The average molecular weight is 407 g/mol. The third-order valence-corrected chi connectivity index (χ3v) is 4.56. The molecule has 0 fully saturated rings. The number of amides is 1. The Kier molecular flexibility index (Phi) is 6.85. The lowest BCUT2D eigenvalue weighted by Crippen LogP contribution is -2.31. The number of aryl methyl sites for hydroxylation is 1. The number of carbonyl (C=O) groups excluding carboxylic acids is 2. The lowest BCUT2D eigenvalue weighted by molar-refractivity contribution is -0.154. The van der Waals surface area contributed by atoms with Crippen LogP contribution in [0, 0.1) is 13.8 Å². The van der Waals surface area contributed by atoms with Crippen LogP contribution in [0.15, 0.2) is 60.7 Å². The summed E-state index contributed by atoms with van der Waals surface area (Å²) in [6.07, 6.45) is -0.346. The first-order valence-electron chi connectivity index (χ1n) is 9.79. The maximum atomic E-state index is 12.4. The van der Waals surface area contributed by atoms with Gasteiger partial charge in [0, 0.05) is 0 Å². The highest BCUT2D eigenvalue weighted by atomic mass is 16.6. The Bertz CT molecular complexity index is 1000. The first-order chi connectivity index (χ1) is 14.5. The second-order valence-electron chi connectivity index (χ2n) is 6.78. The van der Waals surface area contributed by atoms with E-state index in [0.29, 0.717) is 23.6 Å². The molecular weight excluding hydrogens is 382 g/mol. The Hall–Kier alpha value is -3.61. The molecule has 0 unspecified atom stereocenters. The second-order valence-corrected chi connectivity index (χ2v) is 6.78. The van der Waals surface area contributed by atoms with Gasteiger partial charge in [0.05, 0.1) is 22.8 Å². The van der Waals surface area contributed by atoms with Gasteiger partial charge in [-0.2, -0.15) is 5.10 Å². The number of hydrogen-bond donors (Lipinski definition) is 1. The zero-order chi connectivity index (χ0) is 21.5. The van der Waals surface area contributed by atoms with E-state index in [1.807, 2.05) is 69.3 Å². The topological polar surface area (TPSA) is 82.4 Å². The van der Waals surface area contributed by atoms with E-state index < -0.39 is 24.6 Å². The van der Waals surface area contributed by atoms with Gasteiger partial charge in [-0.05, 0) is 44.5 Å². The highest BCUT2D eigenvalue weighted by molar-refractivity contribution is 5.94. The van der Waals surface area contributed by atoms with Crippen LogP contribution in [-0.2, 0) is 14.3 Å². The molecule has 0 bridgehead atoms. The van der Waals surface area contributed by atoms with Crippen LogP contribution < -0.4 is 10.1 Å². The number of esters is 1. The molecular formula is C23H25N3O4. The fourth-order valence-electron chi connectivity index (χ4n) is 3.01. The zero-order valence-electron chi connectivity index (χ0n) is 17.3. The van der Waals surface area contributed by atoms with Crippen molar-refractivity contribution in [3.05, 3.63) is 72.1 Å².